The number of hydrogen-bond acceptors (Lipinski definition) is 6. The average Bonchev–Trinajstić information content (AvgIpc) is 3.31. The summed E-state index contributed by atoms with van der Waals surface area (Å²) in [5.41, 5.74) is 8.36. The molecule has 12 heteroatoms. The van der Waals surface area contributed by atoms with Gasteiger partial charge in [-0.05, 0) is 61.1 Å². The van der Waals surface area contributed by atoms with E-state index >= 15 is 0 Å². The van der Waals surface area contributed by atoms with Gasteiger partial charge in [0.1, 0.15) is 11.6 Å². The van der Waals surface area contributed by atoms with E-state index in [1.54, 1.807) is 42.7 Å². The summed E-state index contributed by atoms with van der Waals surface area (Å²) < 4.78 is 43.5. The van der Waals surface area contributed by atoms with Crippen LogP contribution in [0.4, 0.5) is 35.2 Å². The van der Waals surface area contributed by atoms with Crippen molar-refractivity contribution in [3.8, 4) is 22.6 Å². The van der Waals surface area contributed by atoms with Gasteiger partial charge in [-0.3, -0.25) is 4.90 Å². The Morgan fingerprint density at radius 2 is 1.63 bits per heavy atom. The summed E-state index contributed by atoms with van der Waals surface area (Å²) in [5.74, 6) is 1.09. The van der Waals surface area contributed by atoms with E-state index < -0.39 is 17.8 Å². The number of imidazole rings is 1. The topological polar surface area (TPSA) is 104 Å². The minimum Gasteiger partial charge on any atom is -0.383 e. The standard InChI is InChI=1S/C29H31F3N8O/c1-38-12-14-40(15-13-38)18-20-7-10-22(16-24(20)29(30,31)32)37-28(41)36-21-8-5-19(6-9-21)27-35-17-25(39(27)2)23-4-3-11-34-26(23)33/h3-11,16-17H,12-15,18H2,1-2H3,(H2,33,34)(H2,36,37,41). The summed E-state index contributed by atoms with van der Waals surface area (Å²) in [6, 6.07) is 13.9. The number of nitrogens with zero attached hydrogens (tertiary/aromatic N) is 5. The molecular formula is C29H31F3N8O. The Hall–Kier alpha value is -4.42. The molecule has 1 fully saturated rings. The minimum absolute atomic E-state index is 0.0591. The summed E-state index contributed by atoms with van der Waals surface area (Å²) >= 11 is 0. The van der Waals surface area contributed by atoms with Gasteiger partial charge in [0.15, 0.2) is 0 Å². The number of alkyl halides is 3. The molecule has 2 amide bonds. The number of nitrogen functional groups attached to an aromatic ring is 1. The number of likely N-dealkylation sites (N-methyl/N-ethyl adjacent to an activating group) is 1. The first-order valence-corrected chi connectivity index (χ1v) is 13.1. The zero-order valence-corrected chi connectivity index (χ0v) is 22.7. The van der Waals surface area contributed by atoms with E-state index in [9.17, 15) is 18.0 Å². The lowest BCUT2D eigenvalue weighted by Crippen LogP contribution is -2.44. The molecule has 1 saturated heterocycles. The predicted octanol–water partition coefficient (Wildman–Crippen LogP) is 5.14. The van der Waals surface area contributed by atoms with Crippen LogP contribution in [0.2, 0.25) is 0 Å². The van der Waals surface area contributed by atoms with Crippen LogP contribution in [0.1, 0.15) is 11.1 Å². The molecule has 214 valence electrons. The highest BCUT2D eigenvalue weighted by Gasteiger charge is 2.34. The monoisotopic (exact) mass is 564 g/mol. The van der Waals surface area contributed by atoms with Crippen molar-refractivity contribution in [2.75, 3.05) is 49.6 Å². The fraction of sp³-hybridized carbons (Fsp3) is 0.276. The highest BCUT2D eigenvalue weighted by Crippen LogP contribution is 2.35. The van der Waals surface area contributed by atoms with Crippen LogP contribution in [-0.4, -0.2) is 63.6 Å². The second kappa shape index (κ2) is 11.6. The number of carbonyl (C=O) groups is 1. The molecule has 9 nitrogen and oxygen atoms in total. The number of rotatable bonds is 6. The third-order valence-corrected chi connectivity index (χ3v) is 7.17. The van der Waals surface area contributed by atoms with Crippen molar-refractivity contribution in [2.45, 2.75) is 12.7 Å². The first-order chi connectivity index (χ1) is 19.6. The molecule has 1 aliphatic rings. The number of piperazine rings is 1. The van der Waals surface area contributed by atoms with Crippen LogP contribution in [0.5, 0.6) is 0 Å². The van der Waals surface area contributed by atoms with Crippen LogP contribution in [0, 0.1) is 0 Å². The number of pyridine rings is 1. The molecule has 0 bridgehead atoms. The van der Waals surface area contributed by atoms with Crippen molar-refractivity contribution >= 4 is 23.2 Å². The molecule has 4 aromatic rings. The van der Waals surface area contributed by atoms with Gasteiger partial charge in [0, 0.05) is 68.5 Å². The normalized spacial score (nSPS) is 14.7. The van der Waals surface area contributed by atoms with Gasteiger partial charge in [-0.25, -0.2) is 14.8 Å². The lowest BCUT2D eigenvalue weighted by molar-refractivity contribution is -0.138. The zero-order valence-electron chi connectivity index (χ0n) is 22.7. The summed E-state index contributed by atoms with van der Waals surface area (Å²) in [6.07, 6.45) is -1.20. The van der Waals surface area contributed by atoms with E-state index in [-0.39, 0.29) is 17.8 Å². The van der Waals surface area contributed by atoms with Crippen LogP contribution in [0.15, 0.2) is 67.0 Å². The number of amides is 2. The van der Waals surface area contributed by atoms with Gasteiger partial charge >= 0.3 is 12.2 Å². The quantitative estimate of drug-likeness (QED) is 0.300. The van der Waals surface area contributed by atoms with Gasteiger partial charge in [-0.15, -0.1) is 0 Å². The number of halogens is 3. The summed E-state index contributed by atoms with van der Waals surface area (Å²) in [7, 11) is 3.87. The number of anilines is 3. The van der Waals surface area contributed by atoms with Crippen molar-refractivity contribution in [3.05, 3.63) is 78.1 Å². The smallest absolute Gasteiger partial charge is 0.383 e. The van der Waals surface area contributed by atoms with E-state index in [0.29, 0.717) is 30.4 Å². The molecule has 0 aliphatic carbocycles. The number of carbonyl (C=O) groups excluding carboxylic acids is 1. The highest BCUT2D eigenvalue weighted by molar-refractivity contribution is 6.00. The minimum atomic E-state index is -4.54. The average molecular weight is 565 g/mol. The zero-order chi connectivity index (χ0) is 29.1. The van der Waals surface area contributed by atoms with E-state index in [1.807, 2.05) is 29.6 Å². The first kappa shape index (κ1) is 28.1. The third kappa shape index (κ3) is 6.50. The fourth-order valence-electron chi connectivity index (χ4n) is 4.86. The van der Waals surface area contributed by atoms with Crippen molar-refractivity contribution in [1.82, 2.24) is 24.3 Å². The maximum absolute atomic E-state index is 13.9. The molecule has 4 N–H and O–H groups in total. The molecule has 2 aromatic carbocycles. The molecule has 0 spiro atoms. The van der Waals surface area contributed by atoms with Crippen molar-refractivity contribution < 1.29 is 18.0 Å². The van der Waals surface area contributed by atoms with Crippen molar-refractivity contribution in [1.29, 1.82) is 0 Å². The number of nitrogens with one attached hydrogen (secondary N) is 2. The van der Waals surface area contributed by atoms with E-state index in [0.717, 1.165) is 36.0 Å². The van der Waals surface area contributed by atoms with Crippen LogP contribution in [0.3, 0.4) is 0 Å². The van der Waals surface area contributed by atoms with Gasteiger partial charge < -0.3 is 25.8 Å². The van der Waals surface area contributed by atoms with Crippen LogP contribution in [-0.2, 0) is 19.8 Å². The molecule has 5 rings (SSSR count). The van der Waals surface area contributed by atoms with Crippen molar-refractivity contribution in [3.63, 3.8) is 0 Å². The summed E-state index contributed by atoms with van der Waals surface area (Å²) in [5, 5.41) is 5.19. The lowest BCUT2D eigenvalue weighted by Gasteiger charge is -2.33. The van der Waals surface area contributed by atoms with Gasteiger partial charge in [0.25, 0.3) is 0 Å². The molecular weight excluding hydrogens is 533 g/mol. The van der Waals surface area contributed by atoms with E-state index in [1.165, 1.54) is 12.1 Å². The van der Waals surface area contributed by atoms with Crippen LogP contribution in [0.25, 0.3) is 22.6 Å². The van der Waals surface area contributed by atoms with Crippen LogP contribution < -0.4 is 16.4 Å². The Morgan fingerprint density at radius 3 is 2.32 bits per heavy atom. The molecule has 0 radical (unpaired) electrons. The third-order valence-electron chi connectivity index (χ3n) is 7.17. The van der Waals surface area contributed by atoms with E-state index in [2.05, 4.69) is 25.5 Å². The Morgan fingerprint density at radius 1 is 0.951 bits per heavy atom. The van der Waals surface area contributed by atoms with Crippen LogP contribution >= 0.6 is 0 Å². The number of nitrogens with two attached hydrogens (primary N) is 1. The predicted molar refractivity (Wildman–Crippen MR) is 153 cm³/mol. The van der Waals surface area contributed by atoms with Crippen molar-refractivity contribution in [2.24, 2.45) is 7.05 Å². The highest BCUT2D eigenvalue weighted by atomic mass is 19.4. The maximum Gasteiger partial charge on any atom is 0.416 e. The Balaban J connectivity index is 1.25. The maximum atomic E-state index is 13.9. The molecule has 1 aliphatic heterocycles. The summed E-state index contributed by atoms with van der Waals surface area (Å²) in [4.78, 5) is 25.4. The second-order valence-electron chi connectivity index (χ2n) is 10.1. The largest absolute Gasteiger partial charge is 0.416 e. The Labute approximate surface area is 235 Å². The van der Waals surface area contributed by atoms with Gasteiger partial charge in [-0.2, -0.15) is 13.2 Å². The SMILES string of the molecule is CN1CCN(Cc2ccc(NC(=O)Nc3ccc(-c4ncc(-c5cccnc5N)n4C)cc3)cc2C(F)(F)F)CC1. The molecule has 2 aromatic heterocycles. The Bertz CT molecular complexity index is 1530. The molecule has 3 heterocycles. The second-order valence-corrected chi connectivity index (χ2v) is 10.1. The number of benzene rings is 2. The summed E-state index contributed by atoms with van der Waals surface area (Å²) in [6.45, 7) is 3.23. The van der Waals surface area contributed by atoms with Gasteiger partial charge in [0.2, 0.25) is 0 Å². The molecule has 0 saturated carbocycles. The fourth-order valence-corrected chi connectivity index (χ4v) is 4.86. The van der Waals surface area contributed by atoms with Gasteiger partial charge in [0.05, 0.1) is 17.5 Å². The van der Waals surface area contributed by atoms with E-state index in [4.69, 9.17) is 5.73 Å². The lowest BCUT2D eigenvalue weighted by atomic mass is 10.0. The number of hydrogen-bond donors (Lipinski definition) is 3. The van der Waals surface area contributed by atoms with Gasteiger partial charge in [-0.1, -0.05) is 6.07 Å². The molecule has 0 unspecified atom stereocenters. The molecule has 41 heavy (non-hydrogen) atoms. The Kier molecular flexibility index (Phi) is 7.95. The number of aromatic nitrogens is 3. The number of urea groups is 1. The molecule has 0 atom stereocenters. The first-order valence-electron chi connectivity index (χ1n) is 13.1.